The Morgan fingerprint density at radius 3 is 2.76 bits per heavy atom. The smallest absolute Gasteiger partial charge is 0.150 e. The van der Waals surface area contributed by atoms with Crippen molar-refractivity contribution in [3.8, 4) is 22.5 Å². The van der Waals surface area contributed by atoms with Gasteiger partial charge in [-0.15, -0.1) is 0 Å². The summed E-state index contributed by atoms with van der Waals surface area (Å²) in [5, 5.41) is 5.65. The van der Waals surface area contributed by atoms with Crippen LogP contribution in [0.2, 0.25) is 0 Å². The van der Waals surface area contributed by atoms with Crippen molar-refractivity contribution in [1.29, 1.82) is 3.56 Å². The summed E-state index contributed by atoms with van der Waals surface area (Å²) >= 11 is -0.817. The number of anilines is 1. The first-order valence-corrected chi connectivity index (χ1v) is 14.9. The molecule has 1 N–H and O–H groups in total. The Kier molecular flexibility index (Phi) is 6.96. The number of ether oxygens (including phenoxy) is 2. The maximum atomic E-state index is 7.84. The summed E-state index contributed by atoms with van der Waals surface area (Å²) < 4.78 is 22.5. The molecule has 0 amide bonds. The molecule has 6 heterocycles. The summed E-state index contributed by atoms with van der Waals surface area (Å²) in [5.74, 6) is 0.906. The van der Waals surface area contributed by atoms with Crippen molar-refractivity contribution >= 4 is 37.8 Å². The molecule has 2 aliphatic rings. The van der Waals surface area contributed by atoms with Crippen LogP contribution in [0.25, 0.3) is 33.4 Å². The molecule has 4 aromatic heterocycles. The van der Waals surface area contributed by atoms with E-state index < -0.39 is 21.0 Å². The predicted octanol–water partition coefficient (Wildman–Crippen LogP) is 5.69. The first kappa shape index (κ1) is 24.5. The molecule has 1 unspecified atom stereocenters. The third kappa shape index (κ3) is 4.66. The van der Waals surface area contributed by atoms with Gasteiger partial charge in [-0.2, -0.15) is 5.10 Å². The van der Waals surface area contributed by atoms with E-state index in [1.807, 2.05) is 42.2 Å². The van der Waals surface area contributed by atoms with Crippen LogP contribution in [0.4, 0.5) is 5.82 Å². The first-order chi connectivity index (χ1) is 18.1. The number of aromatic nitrogens is 5. The van der Waals surface area contributed by atoms with E-state index in [1.165, 1.54) is 0 Å². The van der Waals surface area contributed by atoms with Crippen molar-refractivity contribution in [2.45, 2.75) is 45.4 Å². The van der Waals surface area contributed by atoms with Crippen molar-refractivity contribution in [1.82, 2.24) is 24.7 Å². The molecule has 192 valence electrons. The lowest BCUT2D eigenvalue weighted by Gasteiger charge is -2.34. The van der Waals surface area contributed by atoms with Crippen LogP contribution >= 0.6 is 21.0 Å². The van der Waals surface area contributed by atoms with Crippen LogP contribution in [-0.2, 0) is 9.47 Å². The molecule has 37 heavy (non-hydrogen) atoms. The molecule has 2 fully saturated rings. The summed E-state index contributed by atoms with van der Waals surface area (Å²) in [4.78, 5) is 17.1. The molecule has 2 atom stereocenters. The van der Waals surface area contributed by atoms with E-state index in [2.05, 4.69) is 29.1 Å². The van der Waals surface area contributed by atoms with Gasteiger partial charge in [-0.3, -0.25) is 8.55 Å². The molecule has 0 aliphatic carbocycles. The standard InChI is InChI=1S/C27H30IN7O2/c1-17-16-36-14-12-34(17)24-15-21(19-6-7-23(28-29)32-18(19)2)20-8-10-30-27(26(20)33-24)22-9-11-31-35(22)25-5-3-4-13-37-25/h6-11,15,17,25,29H,3-5,12-14,16H2,1-2H3/t17-,25?/m1/s1. The molecule has 4 aromatic rings. The number of aryl methyl sites for hydroxylation is 1. The van der Waals surface area contributed by atoms with E-state index in [9.17, 15) is 0 Å². The molecule has 0 saturated carbocycles. The summed E-state index contributed by atoms with van der Waals surface area (Å²) in [6.07, 6.45) is 6.72. The minimum Gasteiger partial charge on any atom is -0.377 e. The topological polar surface area (TPSA) is 102 Å². The van der Waals surface area contributed by atoms with Gasteiger partial charge in [0, 0.05) is 63.2 Å². The summed E-state index contributed by atoms with van der Waals surface area (Å²) in [5.41, 5.74) is 5.60. The average molecular weight is 611 g/mol. The molecule has 9 nitrogen and oxygen atoms in total. The van der Waals surface area contributed by atoms with Gasteiger partial charge in [-0.05, 0) is 69.0 Å². The van der Waals surface area contributed by atoms with Crippen LogP contribution in [0.5, 0.6) is 0 Å². The molecule has 0 aromatic carbocycles. The zero-order chi connectivity index (χ0) is 25.4. The van der Waals surface area contributed by atoms with Crippen molar-refractivity contribution < 1.29 is 9.47 Å². The Morgan fingerprint density at radius 1 is 1.05 bits per heavy atom. The second kappa shape index (κ2) is 10.5. The number of nitrogens with one attached hydrogen (secondary N) is 1. The predicted molar refractivity (Wildman–Crippen MR) is 151 cm³/mol. The third-order valence-corrected chi connectivity index (χ3v) is 8.31. The maximum Gasteiger partial charge on any atom is 0.150 e. The number of pyridine rings is 3. The van der Waals surface area contributed by atoms with E-state index >= 15 is 0 Å². The summed E-state index contributed by atoms with van der Waals surface area (Å²) in [7, 11) is 0. The highest BCUT2D eigenvalue weighted by Gasteiger charge is 2.25. The number of rotatable bonds is 5. The van der Waals surface area contributed by atoms with E-state index in [-0.39, 0.29) is 12.3 Å². The van der Waals surface area contributed by atoms with Gasteiger partial charge in [0.1, 0.15) is 20.7 Å². The zero-order valence-electron chi connectivity index (χ0n) is 21.0. The van der Waals surface area contributed by atoms with Crippen molar-refractivity contribution in [2.75, 3.05) is 31.3 Å². The van der Waals surface area contributed by atoms with E-state index in [0.29, 0.717) is 13.2 Å². The molecular weight excluding hydrogens is 581 g/mol. The fraction of sp³-hybridized carbons (Fsp3) is 0.407. The van der Waals surface area contributed by atoms with Crippen molar-refractivity contribution in [3.05, 3.63) is 52.1 Å². The number of hydrogen-bond acceptors (Lipinski definition) is 8. The van der Waals surface area contributed by atoms with Crippen LogP contribution in [0.3, 0.4) is 0 Å². The lowest BCUT2D eigenvalue weighted by atomic mass is 9.99. The van der Waals surface area contributed by atoms with Crippen LogP contribution in [0.1, 0.15) is 38.1 Å². The van der Waals surface area contributed by atoms with Crippen molar-refractivity contribution in [2.24, 2.45) is 0 Å². The fourth-order valence-electron chi connectivity index (χ4n) is 5.28. The SMILES string of the molecule is Cc1nc(I=N)ccc1-c1cc(N2CCOC[C@H]2C)nc2c(-c3ccnn3C3CCCCO3)nccc12. The largest absolute Gasteiger partial charge is 0.377 e. The average Bonchev–Trinajstić information content (AvgIpc) is 3.43. The highest BCUT2D eigenvalue weighted by molar-refractivity contribution is 14.2. The van der Waals surface area contributed by atoms with Gasteiger partial charge in [-0.25, -0.2) is 14.6 Å². The highest BCUT2D eigenvalue weighted by Crippen LogP contribution is 2.38. The van der Waals surface area contributed by atoms with Crippen LogP contribution in [0, 0.1) is 14.2 Å². The van der Waals surface area contributed by atoms with E-state index in [4.69, 9.17) is 28.0 Å². The number of morpholine rings is 1. The molecule has 0 radical (unpaired) electrons. The normalized spacial score (nSPS) is 20.4. The Balaban J connectivity index is 1.58. The first-order valence-electron chi connectivity index (χ1n) is 12.7. The fourth-order valence-corrected chi connectivity index (χ4v) is 6.12. The van der Waals surface area contributed by atoms with E-state index in [0.717, 1.165) is 81.0 Å². The molecular formula is C27H30IN7O2. The van der Waals surface area contributed by atoms with Gasteiger partial charge in [0.2, 0.25) is 0 Å². The lowest BCUT2D eigenvalue weighted by molar-refractivity contribution is -0.0383. The maximum absolute atomic E-state index is 7.84. The minimum atomic E-state index is -0.817. The molecule has 10 heteroatoms. The Morgan fingerprint density at radius 2 is 1.97 bits per heavy atom. The van der Waals surface area contributed by atoms with Crippen LogP contribution in [0.15, 0.2) is 42.7 Å². The molecule has 0 spiro atoms. The van der Waals surface area contributed by atoms with Crippen LogP contribution < -0.4 is 4.90 Å². The number of nitrogens with zero attached hydrogens (tertiary/aromatic N) is 6. The number of fused-ring (bicyclic) bond motifs is 1. The third-order valence-electron chi connectivity index (χ3n) is 7.16. The van der Waals surface area contributed by atoms with Crippen molar-refractivity contribution in [3.63, 3.8) is 0 Å². The monoisotopic (exact) mass is 611 g/mol. The molecule has 0 bridgehead atoms. The van der Waals surface area contributed by atoms with Gasteiger partial charge >= 0.3 is 0 Å². The molecule has 6 rings (SSSR count). The van der Waals surface area contributed by atoms with Gasteiger partial charge in [0.15, 0.2) is 6.23 Å². The second-order valence-corrected chi connectivity index (χ2v) is 11.2. The Labute approximate surface area is 226 Å². The number of halogens is 1. The quantitative estimate of drug-likeness (QED) is 0.229. The molecule has 2 saturated heterocycles. The molecule has 2 aliphatic heterocycles. The lowest BCUT2D eigenvalue weighted by Crippen LogP contribution is -2.44. The van der Waals surface area contributed by atoms with Gasteiger partial charge < -0.3 is 14.4 Å². The highest BCUT2D eigenvalue weighted by atomic mass is 127. The minimum absolute atomic E-state index is 0.0927. The Hall–Kier alpha value is -2.83. The summed E-state index contributed by atoms with van der Waals surface area (Å²) in [6.45, 7) is 7.07. The van der Waals surface area contributed by atoms with Gasteiger partial charge in [0.05, 0.1) is 24.9 Å². The van der Waals surface area contributed by atoms with E-state index in [1.54, 1.807) is 0 Å². The second-order valence-electron chi connectivity index (χ2n) is 9.54. The van der Waals surface area contributed by atoms with Crippen LogP contribution in [-0.4, -0.2) is 57.1 Å². The van der Waals surface area contributed by atoms with Gasteiger partial charge in [0.25, 0.3) is 0 Å². The summed E-state index contributed by atoms with van der Waals surface area (Å²) in [6, 6.07) is 10.5. The number of hydrogen-bond donors (Lipinski definition) is 1. The van der Waals surface area contributed by atoms with Gasteiger partial charge in [-0.1, -0.05) is 0 Å². The zero-order valence-corrected chi connectivity index (χ0v) is 23.2. The Bertz CT molecular complexity index is 1450.